The molecule has 0 aliphatic heterocycles. The average Bonchev–Trinajstić information content (AvgIpc) is 2.67. The molecule has 0 heterocycles. The first kappa shape index (κ1) is 21.0. The van der Waals surface area contributed by atoms with Crippen molar-refractivity contribution in [1.29, 1.82) is 0 Å². The molecule has 1 aliphatic carbocycles. The number of carbonyl (C=O) groups is 1. The van der Waals surface area contributed by atoms with E-state index in [9.17, 15) is 4.79 Å². The lowest BCUT2D eigenvalue weighted by atomic mass is 9.80. The highest BCUT2D eigenvalue weighted by atomic mass is 16.5. The third-order valence-corrected chi connectivity index (χ3v) is 4.55. The van der Waals surface area contributed by atoms with Crippen LogP contribution in [0, 0.1) is 5.92 Å². The number of hydrogen-bond donors (Lipinski definition) is 0. The molecule has 1 aromatic rings. The molecule has 2 rings (SSSR count). The van der Waals surface area contributed by atoms with Crippen LogP contribution in [-0.2, 0) is 4.74 Å². The number of rotatable bonds is 5. The third-order valence-electron chi connectivity index (χ3n) is 4.55. The Labute approximate surface area is 153 Å². The quantitative estimate of drug-likeness (QED) is 0.506. The van der Waals surface area contributed by atoms with Gasteiger partial charge in [0, 0.05) is 25.3 Å². The summed E-state index contributed by atoms with van der Waals surface area (Å²) in [6.45, 7) is 7.89. The number of allylic oxidation sites excluding steroid dienone is 3. The van der Waals surface area contributed by atoms with Crippen LogP contribution in [0.4, 0.5) is 5.69 Å². The SMILES string of the molecule is C=C/C=C(/c1ccc(C(=O)OC)cc1N(C)C)C1CCCCC1.CC. The normalized spacial score (nSPS) is 15.0. The van der Waals surface area contributed by atoms with E-state index in [1.54, 1.807) is 0 Å². The Morgan fingerprint density at radius 2 is 1.84 bits per heavy atom. The first-order chi connectivity index (χ1) is 12.1. The van der Waals surface area contributed by atoms with Crippen molar-refractivity contribution in [3.63, 3.8) is 0 Å². The van der Waals surface area contributed by atoms with Gasteiger partial charge in [-0.3, -0.25) is 0 Å². The Kier molecular flexibility index (Phi) is 9.04. The van der Waals surface area contributed by atoms with Crippen molar-refractivity contribution in [3.8, 4) is 0 Å². The van der Waals surface area contributed by atoms with Crippen LogP contribution >= 0.6 is 0 Å². The summed E-state index contributed by atoms with van der Waals surface area (Å²) in [5.41, 5.74) is 4.15. The third kappa shape index (κ3) is 5.48. The van der Waals surface area contributed by atoms with Gasteiger partial charge in [-0.05, 0) is 36.5 Å². The minimum absolute atomic E-state index is 0.299. The zero-order valence-corrected chi connectivity index (χ0v) is 16.5. The lowest BCUT2D eigenvalue weighted by molar-refractivity contribution is 0.0601. The number of benzene rings is 1. The van der Waals surface area contributed by atoms with E-state index < -0.39 is 0 Å². The molecule has 0 saturated heterocycles. The van der Waals surface area contributed by atoms with E-state index >= 15 is 0 Å². The van der Waals surface area contributed by atoms with Gasteiger partial charge in [-0.25, -0.2) is 4.79 Å². The van der Waals surface area contributed by atoms with Crippen LogP contribution < -0.4 is 4.90 Å². The van der Waals surface area contributed by atoms with Crippen LogP contribution in [0.25, 0.3) is 5.57 Å². The van der Waals surface area contributed by atoms with E-state index in [1.165, 1.54) is 50.4 Å². The molecule has 1 fully saturated rings. The minimum atomic E-state index is -0.299. The first-order valence-electron chi connectivity index (χ1n) is 9.31. The predicted molar refractivity (Wildman–Crippen MR) is 108 cm³/mol. The highest BCUT2D eigenvalue weighted by molar-refractivity contribution is 5.92. The summed E-state index contributed by atoms with van der Waals surface area (Å²) in [6.07, 6.45) is 10.4. The van der Waals surface area contributed by atoms with Gasteiger partial charge in [0.1, 0.15) is 0 Å². The maximum absolute atomic E-state index is 11.8. The number of nitrogens with zero attached hydrogens (tertiary/aromatic N) is 1. The molecule has 0 aromatic heterocycles. The fourth-order valence-electron chi connectivity index (χ4n) is 3.38. The van der Waals surface area contributed by atoms with Crippen molar-refractivity contribution < 1.29 is 9.53 Å². The zero-order chi connectivity index (χ0) is 18.8. The van der Waals surface area contributed by atoms with E-state index in [0.29, 0.717) is 11.5 Å². The van der Waals surface area contributed by atoms with Crippen molar-refractivity contribution in [2.45, 2.75) is 46.0 Å². The van der Waals surface area contributed by atoms with Crippen molar-refractivity contribution in [2.75, 3.05) is 26.1 Å². The number of carbonyl (C=O) groups excluding carboxylic acids is 1. The second-order valence-corrected chi connectivity index (χ2v) is 6.31. The highest BCUT2D eigenvalue weighted by Crippen LogP contribution is 2.39. The molecule has 0 bridgehead atoms. The maximum Gasteiger partial charge on any atom is 0.337 e. The number of anilines is 1. The lowest BCUT2D eigenvalue weighted by Gasteiger charge is -2.28. The molecule has 0 spiro atoms. The van der Waals surface area contributed by atoms with Gasteiger partial charge in [0.15, 0.2) is 0 Å². The summed E-state index contributed by atoms with van der Waals surface area (Å²) in [5, 5.41) is 0. The highest BCUT2D eigenvalue weighted by Gasteiger charge is 2.22. The Hall–Kier alpha value is -2.03. The van der Waals surface area contributed by atoms with Crippen LogP contribution in [0.5, 0.6) is 0 Å². The Balaban J connectivity index is 0.00000151. The molecule has 0 unspecified atom stereocenters. The molecule has 138 valence electrons. The second kappa shape index (κ2) is 10.8. The van der Waals surface area contributed by atoms with Crippen molar-refractivity contribution >= 4 is 17.2 Å². The molecule has 0 radical (unpaired) electrons. The molecule has 1 saturated carbocycles. The minimum Gasteiger partial charge on any atom is -0.465 e. The summed E-state index contributed by atoms with van der Waals surface area (Å²) < 4.78 is 4.85. The number of methoxy groups -OCH3 is 1. The van der Waals surface area contributed by atoms with Crippen molar-refractivity contribution in [2.24, 2.45) is 5.92 Å². The first-order valence-corrected chi connectivity index (χ1v) is 9.31. The van der Waals surface area contributed by atoms with E-state index in [0.717, 1.165) is 5.69 Å². The van der Waals surface area contributed by atoms with E-state index in [4.69, 9.17) is 4.74 Å². The van der Waals surface area contributed by atoms with Crippen molar-refractivity contribution in [1.82, 2.24) is 0 Å². The zero-order valence-electron chi connectivity index (χ0n) is 16.5. The predicted octanol–water partition coefficient (Wildman–Crippen LogP) is 5.72. The van der Waals surface area contributed by atoms with Gasteiger partial charge in [-0.2, -0.15) is 0 Å². The molecule has 1 aliphatic rings. The van der Waals surface area contributed by atoms with Gasteiger partial charge in [0.2, 0.25) is 0 Å². The standard InChI is InChI=1S/C20H27NO2.C2H6/c1-5-9-17(15-10-7-6-8-11-15)18-13-12-16(20(22)23-4)14-19(18)21(2)3;1-2/h5,9,12-15H,1,6-8,10-11H2,2-4H3;1-2H3/b17-9+;. The van der Waals surface area contributed by atoms with Gasteiger partial charge in [-0.15, -0.1) is 0 Å². The smallest absolute Gasteiger partial charge is 0.337 e. The van der Waals surface area contributed by atoms with Gasteiger partial charge in [0.25, 0.3) is 0 Å². The summed E-state index contributed by atoms with van der Waals surface area (Å²) in [4.78, 5) is 13.9. The molecular formula is C22H33NO2. The molecule has 0 amide bonds. The molecule has 3 heteroatoms. The van der Waals surface area contributed by atoms with Crippen LogP contribution in [0.1, 0.15) is 61.9 Å². The fraction of sp³-hybridized carbons (Fsp3) is 0.500. The molecule has 0 N–H and O–H groups in total. The molecular weight excluding hydrogens is 310 g/mol. The van der Waals surface area contributed by atoms with Crippen LogP contribution in [0.3, 0.4) is 0 Å². The number of esters is 1. The summed E-state index contributed by atoms with van der Waals surface area (Å²) in [6, 6.07) is 5.82. The van der Waals surface area contributed by atoms with E-state index in [2.05, 4.69) is 17.6 Å². The number of ether oxygens (including phenoxy) is 1. The van der Waals surface area contributed by atoms with Crippen molar-refractivity contribution in [3.05, 3.63) is 48.1 Å². The molecule has 0 atom stereocenters. The molecule has 25 heavy (non-hydrogen) atoms. The van der Waals surface area contributed by atoms with Crippen LogP contribution in [0.15, 0.2) is 36.9 Å². The summed E-state index contributed by atoms with van der Waals surface area (Å²) in [5.74, 6) is 0.274. The number of hydrogen-bond acceptors (Lipinski definition) is 3. The fourth-order valence-corrected chi connectivity index (χ4v) is 3.38. The largest absolute Gasteiger partial charge is 0.465 e. The Morgan fingerprint density at radius 1 is 1.20 bits per heavy atom. The van der Waals surface area contributed by atoms with Gasteiger partial charge in [-0.1, -0.05) is 57.9 Å². The maximum atomic E-state index is 11.8. The Morgan fingerprint density at radius 3 is 2.36 bits per heavy atom. The Bertz CT molecular complexity index is 596. The van der Waals surface area contributed by atoms with Crippen LogP contribution in [0.2, 0.25) is 0 Å². The van der Waals surface area contributed by atoms with Gasteiger partial charge >= 0.3 is 5.97 Å². The van der Waals surface area contributed by atoms with E-state index in [1.807, 2.05) is 52.2 Å². The summed E-state index contributed by atoms with van der Waals surface area (Å²) >= 11 is 0. The van der Waals surface area contributed by atoms with Gasteiger partial charge < -0.3 is 9.64 Å². The average molecular weight is 344 g/mol. The van der Waals surface area contributed by atoms with E-state index in [-0.39, 0.29) is 5.97 Å². The second-order valence-electron chi connectivity index (χ2n) is 6.31. The summed E-state index contributed by atoms with van der Waals surface area (Å²) in [7, 11) is 5.43. The van der Waals surface area contributed by atoms with Crippen LogP contribution in [-0.4, -0.2) is 27.2 Å². The topological polar surface area (TPSA) is 29.5 Å². The molecule has 3 nitrogen and oxygen atoms in total. The lowest BCUT2D eigenvalue weighted by Crippen LogP contribution is -2.16. The monoisotopic (exact) mass is 343 g/mol. The molecule has 1 aromatic carbocycles. The van der Waals surface area contributed by atoms with Gasteiger partial charge in [0.05, 0.1) is 12.7 Å².